The van der Waals surface area contributed by atoms with Crippen LogP contribution in [0.5, 0.6) is 0 Å². The molecule has 3 aromatic rings. The quantitative estimate of drug-likeness (QED) is 0.0448. The second-order valence-corrected chi connectivity index (χ2v) is 22.1. The number of esters is 1. The van der Waals surface area contributed by atoms with Crippen LogP contribution in [0.25, 0.3) is 0 Å². The molecule has 7 heteroatoms. The lowest BCUT2D eigenvalue weighted by atomic mass is 9.98. The SMILES string of the molecule is CCCCCCCCCCCCCCCCCCCCCCCC[C@@H](OC(C)=O)C(=O)N[C@@H](COCc1ccccc1)[C@H](OCc1ccccc1)[C@@H](CCCCCCCCCCCCCCC)OCc1ccccc1. The fraction of sp³-hybridized carbons (Fsp3) is 0.706. The van der Waals surface area contributed by atoms with Gasteiger partial charge in [0.05, 0.1) is 38.6 Å². The van der Waals surface area contributed by atoms with Crippen LogP contribution in [-0.4, -0.2) is 42.8 Å². The van der Waals surface area contributed by atoms with Gasteiger partial charge in [-0.3, -0.25) is 9.59 Å². The topological polar surface area (TPSA) is 83.1 Å². The Hall–Kier alpha value is -3.52. The summed E-state index contributed by atoms with van der Waals surface area (Å²) in [6.07, 6.45) is 45.3. The van der Waals surface area contributed by atoms with E-state index in [0.717, 1.165) is 55.2 Å². The maximum absolute atomic E-state index is 14.5. The van der Waals surface area contributed by atoms with Gasteiger partial charge in [0, 0.05) is 6.92 Å². The standard InChI is InChI=1S/C68H111NO6/c1-4-6-8-10-12-14-16-18-19-20-21-22-23-24-25-26-28-30-32-34-36-47-55-66(75-60(3)70)68(71)69-64(59-72-56-61-48-40-37-41-49-61)67(74-58-63-52-44-39-45-53-63)65(73-57-62-50-42-38-43-51-62)54-46-35-33-31-29-27-17-15-13-11-9-7-5-2/h37-45,48-53,64-67H,4-36,46-47,54-59H2,1-3H3,(H,69,71)/t64-,65+,66+,67-/m0/s1. The van der Waals surface area contributed by atoms with Gasteiger partial charge in [-0.25, -0.2) is 0 Å². The number of carbonyl (C=O) groups is 2. The highest BCUT2D eigenvalue weighted by atomic mass is 16.6. The number of amides is 1. The Kier molecular flexibility index (Phi) is 41.8. The van der Waals surface area contributed by atoms with Gasteiger partial charge in [-0.15, -0.1) is 0 Å². The van der Waals surface area contributed by atoms with Crippen LogP contribution in [0.4, 0.5) is 0 Å². The highest BCUT2D eigenvalue weighted by molar-refractivity contribution is 5.83. The van der Waals surface area contributed by atoms with Gasteiger partial charge in [0.2, 0.25) is 0 Å². The first-order valence-corrected chi connectivity index (χ1v) is 31.4. The molecule has 0 aliphatic heterocycles. The molecule has 0 aromatic heterocycles. The van der Waals surface area contributed by atoms with Crippen molar-refractivity contribution in [1.29, 1.82) is 0 Å². The first-order valence-electron chi connectivity index (χ1n) is 31.4. The van der Waals surface area contributed by atoms with Crippen molar-refractivity contribution in [3.8, 4) is 0 Å². The minimum Gasteiger partial charge on any atom is -0.452 e. The van der Waals surface area contributed by atoms with Crippen molar-refractivity contribution in [2.24, 2.45) is 0 Å². The molecule has 0 fully saturated rings. The van der Waals surface area contributed by atoms with Crippen molar-refractivity contribution >= 4 is 11.9 Å². The zero-order valence-corrected chi connectivity index (χ0v) is 48.4. The Morgan fingerprint density at radius 3 is 1.08 bits per heavy atom. The summed E-state index contributed by atoms with van der Waals surface area (Å²) in [5.41, 5.74) is 3.19. The normalized spacial score (nSPS) is 13.1. The average molecular weight is 1040 g/mol. The number of carbonyl (C=O) groups excluding carboxylic acids is 2. The molecule has 1 amide bonds. The molecule has 3 aromatic carbocycles. The zero-order valence-electron chi connectivity index (χ0n) is 48.4. The van der Waals surface area contributed by atoms with Gasteiger partial charge in [0.25, 0.3) is 5.91 Å². The summed E-state index contributed by atoms with van der Waals surface area (Å²) in [6, 6.07) is 30.1. The van der Waals surface area contributed by atoms with Crippen LogP contribution in [0.3, 0.4) is 0 Å². The summed E-state index contributed by atoms with van der Waals surface area (Å²) in [7, 11) is 0. The first-order chi connectivity index (χ1) is 37.0. The predicted molar refractivity (Wildman–Crippen MR) is 316 cm³/mol. The Bertz CT molecular complexity index is 1710. The molecule has 1 N–H and O–H groups in total. The van der Waals surface area contributed by atoms with Crippen molar-refractivity contribution in [2.75, 3.05) is 6.61 Å². The highest BCUT2D eigenvalue weighted by Crippen LogP contribution is 2.24. The maximum Gasteiger partial charge on any atom is 0.303 e. The van der Waals surface area contributed by atoms with E-state index in [9.17, 15) is 9.59 Å². The summed E-state index contributed by atoms with van der Waals surface area (Å²) in [5, 5.41) is 3.34. The molecule has 0 heterocycles. The number of nitrogens with one attached hydrogen (secondary N) is 1. The Morgan fingerprint density at radius 2 is 0.720 bits per heavy atom. The van der Waals surface area contributed by atoms with E-state index in [0.29, 0.717) is 26.2 Å². The lowest BCUT2D eigenvalue weighted by molar-refractivity contribution is -0.156. The third-order valence-corrected chi connectivity index (χ3v) is 15.1. The van der Waals surface area contributed by atoms with Crippen LogP contribution in [0, 0.1) is 0 Å². The van der Waals surface area contributed by atoms with Crippen LogP contribution in [0.1, 0.15) is 275 Å². The lowest BCUT2D eigenvalue weighted by Crippen LogP contribution is -2.55. The van der Waals surface area contributed by atoms with Gasteiger partial charge in [-0.1, -0.05) is 323 Å². The van der Waals surface area contributed by atoms with Gasteiger partial charge in [0.15, 0.2) is 6.10 Å². The fourth-order valence-electron chi connectivity index (χ4n) is 10.5. The smallest absolute Gasteiger partial charge is 0.303 e. The van der Waals surface area contributed by atoms with Gasteiger partial charge < -0.3 is 24.3 Å². The van der Waals surface area contributed by atoms with Gasteiger partial charge in [0.1, 0.15) is 6.10 Å². The summed E-state index contributed by atoms with van der Waals surface area (Å²) in [4.78, 5) is 27.0. The van der Waals surface area contributed by atoms with Crippen molar-refractivity contribution in [1.82, 2.24) is 5.32 Å². The Morgan fingerprint density at radius 1 is 0.400 bits per heavy atom. The van der Waals surface area contributed by atoms with Crippen LogP contribution in [0.15, 0.2) is 91.0 Å². The number of hydrogen-bond donors (Lipinski definition) is 1. The second kappa shape index (κ2) is 47.7. The second-order valence-electron chi connectivity index (χ2n) is 22.1. The molecule has 7 nitrogen and oxygen atoms in total. The molecular formula is C68H111NO6. The van der Waals surface area contributed by atoms with Crippen LogP contribution < -0.4 is 5.32 Å². The molecule has 424 valence electrons. The van der Waals surface area contributed by atoms with Gasteiger partial charge >= 0.3 is 5.97 Å². The number of benzene rings is 3. The van der Waals surface area contributed by atoms with E-state index in [1.165, 1.54) is 200 Å². The van der Waals surface area contributed by atoms with Crippen molar-refractivity contribution < 1.29 is 28.5 Å². The first kappa shape index (κ1) is 65.8. The molecule has 0 saturated heterocycles. The molecule has 0 bridgehead atoms. The van der Waals surface area contributed by atoms with Crippen LogP contribution in [0.2, 0.25) is 0 Å². The molecule has 4 atom stereocenters. The summed E-state index contributed by atoms with van der Waals surface area (Å²) < 4.78 is 26.1. The van der Waals surface area contributed by atoms with Gasteiger partial charge in [-0.05, 0) is 36.0 Å². The number of ether oxygens (including phenoxy) is 4. The molecule has 0 spiro atoms. The van der Waals surface area contributed by atoms with Crippen LogP contribution in [-0.2, 0) is 48.4 Å². The molecule has 0 saturated carbocycles. The molecule has 75 heavy (non-hydrogen) atoms. The summed E-state index contributed by atoms with van der Waals surface area (Å²) in [6.45, 7) is 7.35. The number of hydrogen-bond acceptors (Lipinski definition) is 6. The fourth-order valence-corrected chi connectivity index (χ4v) is 10.5. The van der Waals surface area contributed by atoms with Crippen molar-refractivity contribution in [2.45, 2.75) is 303 Å². The van der Waals surface area contributed by atoms with E-state index < -0.39 is 24.2 Å². The molecule has 0 radical (unpaired) electrons. The summed E-state index contributed by atoms with van der Waals surface area (Å²) in [5.74, 6) is -0.757. The third-order valence-electron chi connectivity index (χ3n) is 15.1. The molecule has 3 rings (SSSR count). The number of unbranched alkanes of at least 4 members (excludes halogenated alkanes) is 33. The maximum atomic E-state index is 14.5. The number of rotatable bonds is 52. The van der Waals surface area contributed by atoms with Crippen molar-refractivity contribution in [3.05, 3.63) is 108 Å². The highest BCUT2D eigenvalue weighted by Gasteiger charge is 2.35. The molecular weight excluding hydrogens is 927 g/mol. The molecule has 0 unspecified atom stereocenters. The largest absolute Gasteiger partial charge is 0.452 e. The average Bonchev–Trinajstić information content (AvgIpc) is 3.42. The van der Waals surface area contributed by atoms with E-state index in [1.807, 2.05) is 54.6 Å². The lowest BCUT2D eigenvalue weighted by Gasteiger charge is -2.35. The van der Waals surface area contributed by atoms with Crippen LogP contribution >= 0.6 is 0 Å². The molecule has 0 aliphatic rings. The van der Waals surface area contributed by atoms with E-state index in [1.54, 1.807) is 0 Å². The van der Waals surface area contributed by atoms with E-state index in [2.05, 4.69) is 55.6 Å². The van der Waals surface area contributed by atoms with E-state index in [4.69, 9.17) is 18.9 Å². The van der Waals surface area contributed by atoms with Gasteiger partial charge in [-0.2, -0.15) is 0 Å². The minimum absolute atomic E-state index is 0.204. The van der Waals surface area contributed by atoms with Crippen molar-refractivity contribution in [3.63, 3.8) is 0 Å². The molecule has 0 aliphatic carbocycles. The predicted octanol–water partition coefficient (Wildman–Crippen LogP) is 19.3. The minimum atomic E-state index is -0.899. The van der Waals surface area contributed by atoms with E-state index in [-0.39, 0.29) is 18.6 Å². The Balaban J connectivity index is 1.56. The zero-order chi connectivity index (χ0) is 53.3. The van der Waals surface area contributed by atoms with E-state index >= 15 is 0 Å². The Labute approximate surface area is 460 Å². The third kappa shape index (κ3) is 36.3. The summed E-state index contributed by atoms with van der Waals surface area (Å²) >= 11 is 0. The monoisotopic (exact) mass is 1040 g/mol.